The van der Waals surface area contributed by atoms with Crippen LogP contribution in [-0.4, -0.2) is 14.6 Å². The van der Waals surface area contributed by atoms with Crippen LogP contribution in [0, 0.1) is 0 Å². The van der Waals surface area contributed by atoms with E-state index in [2.05, 4.69) is 43.8 Å². The normalized spacial score (nSPS) is 11.9. The van der Waals surface area contributed by atoms with E-state index >= 15 is 0 Å². The monoisotopic (exact) mass is 203 g/mol. The molecule has 0 radical (unpaired) electrons. The zero-order valence-corrected chi connectivity index (χ0v) is 9.73. The Hall–Kier alpha value is -1.38. The first-order chi connectivity index (χ1) is 7.09. The van der Waals surface area contributed by atoms with Crippen LogP contribution in [-0.2, 0) is 0 Å². The zero-order chi connectivity index (χ0) is 11.0. The number of nitrogens with zero attached hydrogens (tertiary/aromatic N) is 3. The van der Waals surface area contributed by atoms with Gasteiger partial charge in [-0.15, -0.1) is 0 Å². The van der Waals surface area contributed by atoms with Gasteiger partial charge in [-0.3, -0.25) is 4.98 Å². The van der Waals surface area contributed by atoms with Crippen LogP contribution in [0.1, 0.15) is 50.9 Å². The Morgan fingerprint density at radius 2 is 1.87 bits per heavy atom. The van der Waals surface area contributed by atoms with E-state index < -0.39 is 0 Å². The first kappa shape index (κ1) is 10.1. The Bertz CT molecular complexity index is 469. The number of aromatic nitrogens is 3. The van der Waals surface area contributed by atoms with Crippen LogP contribution < -0.4 is 0 Å². The average molecular weight is 203 g/mol. The highest BCUT2D eigenvalue weighted by Gasteiger charge is 2.11. The van der Waals surface area contributed by atoms with Crippen LogP contribution in [0.15, 0.2) is 18.5 Å². The van der Waals surface area contributed by atoms with Gasteiger partial charge in [-0.05, 0) is 17.9 Å². The molecule has 0 amide bonds. The molecule has 0 unspecified atom stereocenters. The van der Waals surface area contributed by atoms with Gasteiger partial charge in [-0.25, -0.2) is 4.52 Å². The number of hydrogen-bond acceptors (Lipinski definition) is 2. The molecule has 0 aliphatic carbocycles. The topological polar surface area (TPSA) is 30.2 Å². The van der Waals surface area contributed by atoms with E-state index in [4.69, 9.17) is 0 Å². The third-order valence-corrected chi connectivity index (χ3v) is 2.58. The highest BCUT2D eigenvalue weighted by Crippen LogP contribution is 2.21. The summed E-state index contributed by atoms with van der Waals surface area (Å²) in [6, 6.07) is 2.15. The second kappa shape index (κ2) is 3.65. The largest absolute Gasteiger partial charge is 0.257 e. The van der Waals surface area contributed by atoms with Gasteiger partial charge in [0.1, 0.15) is 0 Å². The van der Waals surface area contributed by atoms with Crippen LogP contribution in [0.25, 0.3) is 5.52 Å². The van der Waals surface area contributed by atoms with Gasteiger partial charge >= 0.3 is 0 Å². The van der Waals surface area contributed by atoms with Gasteiger partial charge in [0.25, 0.3) is 0 Å². The predicted octanol–water partition coefficient (Wildman–Crippen LogP) is 2.98. The highest BCUT2D eigenvalue weighted by atomic mass is 15.2. The van der Waals surface area contributed by atoms with Gasteiger partial charge in [0.2, 0.25) is 0 Å². The molecule has 0 fully saturated rings. The smallest absolute Gasteiger partial charge is 0.0882 e. The van der Waals surface area contributed by atoms with E-state index in [0.29, 0.717) is 11.8 Å². The molecule has 0 aliphatic heterocycles. The summed E-state index contributed by atoms with van der Waals surface area (Å²) in [4.78, 5) is 4.42. The molecule has 3 heteroatoms. The van der Waals surface area contributed by atoms with Crippen LogP contribution in [0.4, 0.5) is 0 Å². The molecular weight excluding hydrogens is 186 g/mol. The maximum atomic E-state index is 4.53. The molecule has 15 heavy (non-hydrogen) atoms. The first-order valence-corrected chi connectivity index (χ1v) is 5.43. The van der Waals surface area contributed by atoms with Crippen molar-refractivity contribution in [2.75, 3.05) is 0 Å². The van der Waals surface area contributed by atoms with E-state index in [1.165, 1.54) is 0 Å². The van der Waals surface area contributed by atoms with Crippen molar-refractivity contribution in [1.82, 2.24) is 14.6 Å². The van der Waals surface area contributed by atoms with Crippen molar-refractivity contribution in [3.63, 3.8) is 0 Å². The third-order valence-electron chi connectivity index (χ3n) is 2.58. The maximum absolute atomic E-state index is 4.53. The molecule has 0 atom stereocenters. The summed E-state index contributed by atoms with van der Waals surface area (Å²) in [5.41, 5.74) is 3.39. The van der Waals surface area contributed by atoms with Crippen molar-refractivity contribution < 1.29 is 0 Å². The Kier molecular flexibility index (Phi) is 2.47. The fourth-order valence-corrected chi connectivity index (χ4v) is 1.69. The molecule has 0 aliphatic rings. The van der Waals surface area contributed by atoms with Crippen molar-refractivity contribution in [3.05, 3.63) is 29.8 Å². The lowest BCUT2D eigenvalue weighted by atomic mass is 10.1. The van der Waals surface area contributed by atoms with Gasteiger partial charge < -0.3 is 0 Å². The number of rotatable bonds is 2. The van der Waals surface area contributed by atoms with E-state index in [1.807, 2.05) is 16.9 Å². The molecule has 0 spiro atoms. The Morgan fingerprint density at radius 1 is 1.13 bits per heavy atom. The number of hydrogen-bond donors (Lipinski definition) is 0. The quantitative estimate of drug-likeness (QED) is 0.751. The zero-order valence-electron chi connectivity index (χ0n) is 9.73. The van der Waals surface area contributed by atoms with Gasteiger partial charge in [0.15, 0.2) is 0 Å². The Labute approximate surface area is 90.1 Å². The molecular formula is C12H17N3. The second-order valence-corrected chi connectivity index (χ2v) is 4.52. The summed E-state index contributed by atoms with van der Waals surface area (Å²) in [5.74, 6) is 0.898. The summed E-state index contributed by atoms with van der Waals surface area (Å²) >= 11 is 0. The fraction of sp³-hybridized carbons (Fsp3) is 0.500. The molecule has 0 saturated carbocycles. The summed E-state index contributed by atoms with van der Waals surface area (Å²) in [7, 11) is 0. The van der Waals surface area contributed by atoms with E-state index in [-0.39, 0.29) is 0 Å². The molecule has 80 valence electrons. The molecule has 0 saturated heterocycles. The first-order valence-electron chi connectivity index (χ1n) is 5.43. The van der Waals surface area contributed by atoms with Crippen molar-refractivity contribution in [2.24, 2.45) is 0 Å². The Morgan fingerprint density at radius 3 is 2.47 bits per heavy atom. The van der Waals surface area contributed by atoms with E-state index in [9.17, 15) is 0 Å². The van der Waals surface area contributed by atoms with Gasteiger partial charge in [-0.1, -0.05) is 27.7 Å². The van der Waals surface area contributed by atoms with Crippen LogP contribution in [0.5, 0.6) is 0 Å². The molecule has 0 bridgehead atoms. The summed E-state index contributed by atoms with van der Waals surface area (Å²) in [5, 5.41) is 4.53. The van der Waals surface area contributed by atoms with Crippen LogP contribution in [0.3, 0.4) is 0 Å². The van der Waals surface area contributed by atoms with Crippen molar-refractivity contribution in [3.8, 4) is 0 Å². The predicted molar refractivity (Wildman–Crippen MR) is 61.2 cm³/mol. The minimum atomic E-state index is 0.436. The van der Waals surface area contributed by atoms with Gasteiger partial charge in [0.05, 0.1) is 16.9 Å². The van der Waals surface area contributed by atoms with Crippen molar-refractivity contribution in [2.45, 2.75) is 39.5 Å². The molecule has 2 heterocycles. The highest BCUT2D eigenvalue weighted by molar-refractivity contribution is 5.53. The molecule has 2 aromatic heterocycles. The van der Waals surface area contributed by atoms with Crippen LogP contribution in [0.2, 0.25) is 0 Å². The molecule has 0 N–H and O–H groups in total. The molecule has 2 aromatic rings. The summed E-state index contributed by atoms with van der Waals surface area (Å²) < 4.78 is 1.93. The minimum Gasteiger partial charge on any atom is -0.257 e. The Balaban J connectivity index is 2.64. The van der Waals surface area contributed by atoms with Gasteiger partial charge in [0, 0.05) is 12.4 Å². The van der Waals surface area contributed by atoms with E-state index in [0.717, 1.165) is 16.9 Å². The lowest BCUT2D eigenvalue weighted by molar-refractivity contribution is 0.775. The molecule has 3 nitrogen and oxygen atoms in total. The average Bonchev–Trinajstić information content (AvgIpc) is 2.60. The molecule has 2 rings (SSSR count). The summed E-state index contributed by atoms with van der Waals surface area (Å²) in [6.07, 6.45) is 3.73. The van der Waals surface area contributed by atoms with Gasteiger partial charge in [-0.2, -0.15) is 5.10 Å². The lowest BCUT2D eigenvalue weighted by Crippen LogP contribution is -1.97. The van der Waals surface area contributed by atoms with Crippen molar-refractivity contribution in [1.29, 1.82) is 0 Å². The minimum absolute atomic E-state index is 0.436. The third kappa shape index (κ3) is 1.74. The number of fused-ring (bicyclic) bond motifs is 1. The fourth-order valence-electron chi connectivity index (χ4n) is 1.69. The maximum Gasteiger partial charge on any atom is 0.0882 e. The summed E-state index contributed by atoms with van der Waals surface area (Å²) in [6.45, 7) is 8.63. The standard InChI is InChI=1S/C12H17N3/c1-8(2)10-7-11-12(9(3)4)13-5-6-15(11)14-10/h5-9H,1-4H3. The van der Waals surface area contributed by atoms with Crippen LogP contribution >= 0.6 is 0 Å². The lowest BCUT2D eigenvalue weighted by Gasteiger charge is -2.04. The van der Waals surface area contributed by atoms with E-state index in [1.54, 1.807) is 0 Å². The second-order valence-electron chi connectivity index (χ2n) is 4.52. The SMILES string of the molecule is CC(C)c1cc2c(C(C)C)nccn2n1. The molecule has 0 aromatic carbocycles. The van der Waals surface area contributed by atoms with Crippen molar-refractivity contribution >= 4 is 5.52 Å².